The van der Waals surface area contributed by atoms with Gasteiger partial charge in [0.1, 0.15) is 5.75 Å². The van der Waals surface area contributed by atoms with Crippen LogP contribution in [0.15, 0.2) is 114 Å². The molecule has 166 valence electrons. The third kappa shape index (κ3) is 6.27. The fourth-order valence-electron chi connectivity index (χ4n) is 3.65. The second-order valence-corrected chi connectivity index (χ2v) is 8.88. The van der Waals surface area contributed by atoms with Crippen molar-refractivity contribution in [3.05, 3.63) is 131 Å². The lowest BCUT2D eigenvalue weighted by atomic mass is 9.94. The minimum atomic E-state index is -0.217. The Hall–Kier alpha value is -3.50. The van der Waals surface area contributed by atoms with Crippen molar-refractivity contribution >= 4 is 17.7 Å². The fraction of sp³-hybridized carbons (Fsp3) is 0.138. The van der Waals surface area contributed by atoms with Gasteiger partial charge in [0, 0.05) is 16.2 Å². The molecule has 4 aromatic rings. The Labute approximate surface area is 199 Å². The predicted octanol–water partition coefficient (Wildman–Crippen LogP) is 6.69. The molecule has 0 bridgehead atoms. The molecule has 4 aromatic carbocycles. The Kier molecular flexibility index (Phi) is 7.83. The highest BCUT2D eigenvalue weighted by Crippen LogP contribution is 2.25. The monoisotopic (exact) mass is 453 g/mol. The Morgan fingerprint density at radius 3 is 2.15 bits per heavy atom. The number of ether oxygens (including phenoxy) is 1. The van der Waals surface area contributed by atoms with Gasteiger partial charge in [-0.1, -0.05) is 72.8 Å². The first-order valence-corrected chi connectivity index (χ1v) is 12.0. The van der Waals surface area contributed by atoms with Crippen molar-refractivity contribution in [2.75, 3.05) is 12.4 Å². The van der Waals surface area contributed by atoms with Crippen LogP contribution in [0.3, 0.4) is 0 Å². The number of hydrogen-bond donors (Lipinski definition) is 1. The van der Waals surface area contributed by atoms with Gasteiger partial charge in [0.15, 0.2) is 0 Å². The summed E-state index contributed by atoms with van der Waals surface area (Å²) in [5.41, 5.74) is 3.89. The van der Waals surface area contributed by atoms with E-state index < -0.39 is 0 Å². The summed E-state index contributed by atoms with van der Waals surface area (Å²) < 4.78 is 5.85. The van der Waals surface area contributed by atoms with Crippen molar-refractivity contribution in [1.82, 2.24) is 5.32 Å². The van der Waals surface area contributed by atoms with Gasteiger partial charge in [-0.05, 0) is 60.0 Å². The molecule has 0 heterocycles. The van der Waals surface area contributed by atoms with E-state index in [0.29, 0.717) is 12.2 Å². The van der Waals surface area contributed by atoms with E-state index in [1.807, 2.05) is 84.9 Å². The number of nitrogens with one attached hydrogen (secondary N) is 1. The van der Waals surface area contributed by atoms with E-state index in [9.17, 15) is 4.79 Å². The maximum Gasteiger partial charge on any atom is 0.252 e. The number of rotatable bonds is 9. The van der Waals surface area contributed by atoms with Crippen LogP contribution < -0.4 is 10.1 Å². The molecule has 0 aromatic heterocycles. The molecule has 0 aliphatic rings. The van der Waals surface area contributed by atoms with E-state index in [0.717, 1.165) is 28.2 Å². The largest absolute Gasteiger partial charge is 0.493 e. The Morgan fingerprint density at radius 2 is 1.45 bits per heavy atom. The first kappa shape index (κ1) is 22.7. The van der Waals surface area contributed by atoms with Crippen LogP contribution in [-0.4, -0.2) is 18.3 Å². The molecule has 0 spiro atoms. The number of carbonyl (C=O) groups excluding carboxylic acids is 1. The van der Waals surface area contributed by atoms with Crippen LogP contribution in [0, 0.1) is 6.92 Å². The van der Waals surface area contributed by atoms with Gasteiger partial charge in [-0.15, -0.1) is 11.8 Å². The zero-order chi connectivity index (χ0) is 22.9. The van der Waals surface area contributed by atoms with Crippen molar-refractivity contribution in [3.8, 4) is 5.75 Å². The lowest BCUT2D eigenvalue weighted by molar-refractivity contribution is 0.0943. The van der Waals surface area contributed by atoms with Crippen LogP contribution in [0.1, 0.15) is 33.1 Å². The third-order valence-corrected chi connectivity index (χ3v) is 6.36. The molecule has 0 radical (unpaired) electrons. The van der Waals surface area contributed by atoms with Gasteiger partial charge < -0.3 is 10.1 Å². The molecule has 0 fully saturated rings. The maximum absolute atomic E-state index is 13.1. The van der Waals surface area contributed by atoms with Crippen molar-refractivity contribution in [1.29, 1.82) is 0 Å². The Balaban J connectivity index is 1.39. The van der Waals surface area contributed by atoms with E-state index in [1.54, 1.807) is 11.8 Å². The topological polar surface area (TPSA) is 38.3 Å². The predicted molar refractivity (Wildman–Crippen MR) is 136 cm³/mol. The standard InChI is InChI=1S/C29H27NO2S/c1-22-10-8-9-15-27(22)28(23-11-4-2-5-12-23)30-29(31)24-16-18-25(19-17-24)32-20-21-33-26-13-6-3-7-14-26/h2-19,28H,20-21H2,1H3,(H,30,31)/t28-/m0/s1. The van der Waals surface area contributed by atoms with E-state index >= 15 is 0 Å². The summed E-state index contributed by atoms with van der Waals surface area (Å²) >= 11 is 1.76. The highest BCUT2D eigenvalue weighted by molar-refractivity contribution is 7.99. The van der Waals surface area contributed by atoms with E-state index in [-0.39, 0.29) is 11.9 Å². The smallest absolute Gasteiger partial charge is 0.252 e. The number of amides is 1. The second kappa shape index (κ2) is 11.4. The van der Waals surface area contributed by atoms with Crippen LogP contribution in [-0.2, 0) is 0 Å². The molecule has 4 rings (SSSR count). The fourth-order valence-corrected chi connectivity index (χ4v) is 4.40. The van der Waals surface area contributed by atoms with Gasteiger partial charge in [-0.2, -0.15) is 0 Å². The van der Waals surface area contributed by atoms with Crippen molar-refractivity contribution in [3.63, 3.8) is 0 Å². The summed E-state index contributed by atoms with van der Waals surface area (Å²) in [6, 6.07) is 35.6. The van der Waals surface area contributed by atoms with E-state index in [2.05, 4.69) is 36.5 Å². The molecule has 33 heavy (non-hydrogen) atoms. The number of carbonyl (C=O) groups is 1. The zero-order valence-electron chi connectivity index (χ0n) is 18.6. The van der Waals surface area contributed by atoms with Gasteiger partial charge in [-0.25, -0.2) is 0 Å². The first-order valence-electron chi connectivity index (χ1n) is 11.0. The number of hydrogen-bond acceptors (Lipinski definition) is 3. The first-order chi connectivity index (χ1) is 16.2. The maximum atomic E-state index is 13.1. The molecule has 1 N–H and O–H groups in total. The summed E-state index contributed by atoms with van der Waals surface area (Å²) in [5, 5.41) is 3.21. The average Bonchev–Trinajstić information content (AvgIpc) is 2.87. The molecule has 3 nitrogen and oxygen atoms in total. The number of thioether (sulfide) groups is 1. The van der Waals surface area contributed by atoms with Crippen LogP contribution in [0.5, 0.6) is 5.75 Å². The van der Waals surface area contributed by atoms with Gasteiger partial charge in [0.25, 0.3) is 5.91 Å². The molecule has 1 amide bonds. The minimum Gasteiger partial charge on any atom is -0.493 e. The number of aryl methyl sites for hydroxylation is 1. The summed E-state index contributed by atoms with van der Waals surface area (Å²) in [6.07, 6.45) is 0. The third-order valence-electron chi connectivity index (χ3n) is 5.39. The highest BCUT2D eigenvalue weighted by Gasteiger charge is 2.19. The Bertz CT molecular complexity index is 1160. The van der Waals surface area contributed by atoms with Crippen LogP contribution in [0.25, 0.3) is 0 Å². The molecule has 0 unspecified atom stereocenters. The van der Waals surface area contributed by atoms with Crippen LogP contribution in [0.4, 0.5) is 0 Å². The van der Waals surface area contributed by atoms with Crippen molar-refractivity contribution in [2.24, 2.45) is 0 Å². The van der Waals surface area contributed by atoms with Gasteiger partial charge in [0.05, 0.1) is 12.6 Å². The van der Waals surface area contributed by atoms with Crippen molar-refractivity contribution in [2.45, 2.75) is 17.9 Å². The summed E-state index contributed by atoms with van der Waals surface area (Å²) in [7, 11) is 0. The zero-order valence-corrected chi connectivity index (χ0v) is 19.4. The molecule has 0 saturated heterocycles. The molecule has 0 aliphatic heterocycles. The molecule has 0 saturated carbocycles. The normalized spacial score (nSPS) is 11.5. The SMILES string of the molecule is Cc1ccccc1[C@@H](NC(=O)c1ccc(OCCSc2ccccc2)cc1)c1ccccc1. The van der Waals surface area contributed by atoms with E-state index in [1.165, 1.54) is 4.90 Å². The highest BCUT2D eigenvalue weighted by atomic mass is 32.2. The van der Waals surface area contributed by atoms with Gasteiger partial charge in [-0.3, -0.25) is 4.79 Å². The molecule has 4 heteroatoms. The van der Waals surface area contributed by atoms with Crippen molar-refractivity contribution < 1.29 is 9.53 Å². The second-order valence-electron chi connectivity index (χ2n) is 7.71. The quantitative estimate of drug-likeness (QED) is 0.227. The van der Waals surface area contributed by atoms with E-state index in [4.69, 9.17) is 4.74 Å². The summed E-state index contributed by atoms with van der Waals surface area (Å²) in [5.74, 6) is 1.51. The molecular weight excluding hydrogens is 426 g/mol. The lowest BCUT2D eigenvalue weighted by Crippen LogP contribution is -2.29. The minimum absolute atomic E-state index is 0.113. The summed E-state index contributed by atoms with van der Waals surface area (Å²) in [6.45, 7) is 2.67. The Morgan fingerprint density at radius 1 is 0.818 bits per heavy atom. The van der Waals surface area contributed by atoms with Gasteiger partial charge in [0.2, 0.25) is 0 Å². The lowest BCUT2D eigenvalue weighted by Gasteiger charge is -2.22. The van der Waals surface area contributed by atoms with Crippen LogP contribution >= 0.6 is 11.8 Å². The molecular formula is C29H27NO2S. The summed E-state index contributed by atoms with van der Waals surface area (Å²) in [4.78, 5) is 14.3. The average molecular weight is 454 g/mol. The molecule has 1 atom stereocenters. The number of benzene rings is 4. The van der Waals surface area contributed by atoms with Crippen LogP contribution in [0.2, 0.25) is 0 Å². The van der Waals surface area contributed by atoms with Gasteiger partial charge >= 0.3 is 0 Å². The molecule has 0 aliphatic carbocycles.